The molecule has 16 heavy (non-hydrogen) atoms. The Hall–Kier alpha value is -1.52. The highest BCUT2D eigenvalue weighted by atomic mass is 35.5. The molecule has 0 radical (unpaired) electrons. The molecule has 0 aliphatic heterocycles. The van der Waals surface area contributed by atoms with Crippen molar-refractivity contribution in [1.29, 1.82) is 0 Å². The molecule has 0 atom stereocenters. The second kappa shape index (κ2) is 4.55. The largest absolute Gasteiger partial charge is 0.507 e. The fraction of sp³-hybridized carbons (Fsp3) is 0. The second-order valence-corrected chi connectivity index (χ2v) is 4.34. The van der Waals surface area contributed by atoms with E-state index in [1.165, 1.54) is 23.5 Å². The maximum Gasteiger partial charge on any atom is 0.259 e. The van der Waals surface area contributed by atoms with E-state index in [0.717, 1.165) is 0 Å². The molecule has 0 aliphatic rings. The summed E-state index contributed by atoms with van der Waals surface area (Å²) in [5.41, 5.74) is 0.917. The van der Waals surface area contributed by atoms with Crippen LogP contribution >= 0.6 is 22.9 Å². The van der Waals surface area contributed by atoms with Gasteiger partial charge in [-0.3, -0.25) is 4.79 Å². The predicted molar refractivity (Wildman–Crippen MR) is 65.4 cm³/mol. The molecule has 82 valence electrons. The molecule has 0 unspecified atom stereocenters. The summed E-state index contributed by atoms with van der Waals surface area (Å²) in [6, 6.07) is 6.17. The number of halogens is 1. The number of carbonyl (C=O) groups is 1. The number of phenols is 1. The first kappa shape index (κ1) is 11.0. The predicted octanol–water partition coefficient (Wildman–Crippen LogP) is 3.36. The standard InChI is InChI=1S/C11H8ClNO2S/c12-7-1-2-9(10(14)5-7)11(15)13-8-3-4-16-6-8/h1-6,14H,(H,13,15). The van der Waals surface area contributed by atoms with Crippen LogP contribution in [0.1, 0.15) is 10.4 Å². The van der Waals surface area contributed by atoms with Gasteiger partial charge in [-0.25, -0.2) is 0 Å². The van der Waals surface area contributed by atoms with Gasteiger partial charge >= 0.3 is 0 Å². The Labute approximate surface area is 101 Å². The van der Waals surface area contributed by atoms with E-state index in [0.29, 0.717) is 10.7 Å². The summed E-state index contributed by atoms with van der Waals surface area (Å²) in [6.45, 7) is 0. The molecule has 1 amide bonds. The first-order valence-corrected chi connectivity index (χ1v) is 5.81. The quantitative estimate of drug-likeness (QED) is 0.862. The average Bonchev–Trinajstić information content (AvgIpc) is 2.70. The third kappa shape index (κ3) is 2.35. The van der Waals surface area contributed by atoms with Crippen molar-refractivity contribution in [3.8, 4) is 5.75 Å². The number of aromatic hydroxyl groups is 1. The van der Waals surface area contributed by atoms with Crippen molar-refractivity contribution in [2.75, 3.05) is 5.32 Å². The van der Waals surface area contributed by atoms with Gasteiger partial charge in [-0.05, 0) is 29.6 Å². The smallest absolute Gasteiger partial charge is 0.259 e. The molecule has 0 spiro atoms. The van der Waals surface area contributed by atoms with Gasteiger partial charge in [-0.15, -0.1) is 0 Å². The van der Waals surface area contributed by atoms with Gasteiger partial charge in [0.1, 0.15) is 5.75 Å². The minimum atomic E-state index is -0.354. The Morgan fingerprint density at radius 1 is 1.38 bits per heavy atom. The van der Waals surface area contributed by atoms with Crippen molar-refractivity contribution in [1.82, 2.24) is 0 Å². The van der Waals surface area contributed by atoms with E-state index < -0.39 is 0 Å². The molecular formula is C11H8ClNO2S. The van der Waals surface area contributed by atoms with Crippen molar-refractivity contribution in [2.24, 2.45) is 0 Å². The summed E-state index contributed by atoms with van der Waals surface area (Å²) in [4.78, 5) is 11.7. The molecular weight excluding hydrogens is 246 g/mol. The van der Waals surface area contributed by atoms with Crippen LogP contribution in [0.3, 0.4) is 0 Å². The highest BCUT2D eigenvalue weighted by Gasteiger charge is 2.11. The Morgan fingerprint density at radius 2 is 2.19 bits per heavy atom. The van der Waals surface area contributed by atoms with Crippen LogP contribution < -0.4 is 5.32 Å². The van der Waals surface area contributed by atoms with Crippen LogP contribution in [0.25, 0.3) is 0 Å². The SMILES string of the molecule is O=C(Nc1ccsc1)c1ccc(Cl)cc1O. The average molecular weight is 254 g/mol. The number of rotatable bonds is 2. The number of benzene rings is 1. The summed E-state index contributed by atoms with van der Waals surface area (Å²) in [5, 5.41) is 16.3. The number of anilines is 1. The first-order valence-electron chi connectivity index (χ1n) is 4.49. The highest BCUT2D eigenvalue weighted by molar-refractivity contribution is 7.08. The zero-order valence-corrected chi connectivity index (χ0v) is 9.68. The molecule has 0 fully saturated rings. The molecule has 1 heterocycles. The molecule has 2 N–H and O–H groups in total. The van der Waals surface area contributed by atoms with Gasteiger partial charge in [0.05, 0.1) is 11.3 Å². The lowest BCUT2D eigenvalue weighted by molar-refractivity contribution is 0.102. The summed E-state index contributed by atoms with van der Waals surface area (Å²) in [6.07, 6.45) is 0. The molecule has 1 aromatic heterocycles. The third-order valence-corrected chi connectivity index (χ3v) is 2.90. The van der Waals surface area contributed by atoms with Gasteiger partial charge in [0, 0.05) is 10.4 Å². The summed E-state index contributed by atoms with van der Waals surface area (Å²) in [5.74, 6) is -0.479. The lowest BCUT2D eigenvalue weighted by Gasteiger charge is -2.05. The van der Waals surface area contributed by atoms with Crippen LogP contribution in [0, 0.1) is 0 Å². The number of carbonyl (C=O) groups excluding carboxylic acids is 1. The molecule has 0 saturated heterocycles. The van der Waals surface area contributed by atoms with Crippen molar-refractivity contribution in [2.45, 2.75) is 0 Å². The number of thiophene rings is 1. The van der Waals surface area contributed by atoms with Gasteiger partial charge in [0.25, 0.3) is 5.91 Å². The van der Waals surface area contributed by atoms with E-state index in [1.807, 2.05) is 10.8 Å². The molecule has 2 rings (SSSR count). The molecule has 1 aromatic carbocycles. The number of phenolic OH excluding ortho intramolecular Hbond substituents is 1. The molecule has 0 aliphatic carbocycles. The Balaban J connectivity index is 2.21. The number of hydrogen-bond acceptors (Lipinski definition) is 3. The maximum atomic E-state index is 11.7. The Kier molecular flexibility index (Phi) is 3.12. The maximum absolute atomic E-state index is 11.7. The Morgan fingerprint density at radius 3 is 2.81 bits per heavy atom. The lowest BCUT2D eigenvalue weighted by Crippen LogP contribution is -2.11. The summed E-state index contributed by atoms with van der Waals surface area (Å²) >= 11 is 7.16. The van der Waals surface area contributed by atoms with E-state index in [2.05, 4.69) is 5.32 Å². The molecule has 2 aromatic rings. The fourth-order valence-corrected chi connectivity index (χ4v) is 1.99. The third-order valence-electron chi connectivity index (χ3n) is 1.98. The molecule has 5 heteroatoms. The molecule has 3 nitrogen and oxygen atoms in total. The summed E-state index contributed by atoms with van der Waals surface area (Å²) < 4.78 is 0. The van der Waals surface area contributed by atoms with E-state index in [4.69, 9.17) is 11.6 Å². The molecule has 0 bridgehead atoms. The Bertz CT molecular complexity index is 511. The zero-order chi connectivity index (χ0) is 11.5. The monoisotopic (exact) mass is 253 g/mol. The van der Waals surface area contributed by atoms with Crippen molar-refractivity contribution in [3.63, 3.8) is 0 Å². The highest BCUT2D eigenvalue weighted by Crippen LogP contribution is 2.23. The first-order chi connectivity index (χ1) is 7.66. The van der Waals surface area contributed by atoms with Crippen LogP contribution in [-0.4, -0.2) is 11.0 Å². The number of hydrogen-bond donors (Lipinski definition) is 2. The van der Waals surface area contributed by atoms with Gasteiger partial charge < -0.3 is 10.4 Å². The zero-order valence-electron chi connectivity index (χ0n) is 8.11. The van der Waals surface area contributed by atoms with E-state index >= 15 is 0 Å². The van der Waals surface area contributed by atoms with E-state index in [9.17, 15) is 9.90 Å². The van der Waals surface area contributed by atoms with Gasteiger partial charge in [0.2, 0.25) is 0 Å². The van der Waals surface area contributed by atoms with Crippen LogP contribution in [0.15, 0.2) is 35.0 Å². The van der Waals surface area contributed by atoms with Gasteiger partial charge in [-0.1, -0.05) is 11.6 Å². The molecule has 0 saturated carbocycles. The van der Waals surface area contributed by atoms with Crippen molar-refractivity contribution < 1.29 is 9.90 Å². The van der Waals surface area contributed by atoms with Gasteiger partial charge in [0.15, 0.2) is 0 Å². The van der Waals surface area contributed by atoms with Crippen molar-refractivity contribution in [3.05, 3.63) is 45.6 Å². The minimum absolute atomic E-state index is 0.125. The topological polar surface area (TPSA) is 49.3 Å². The normalized spacial score (nSPS) is 10.1. The second-order valence-electron chi connectivity index (χ2n) is 3.13. The van der Waals surface area contributed by atoms with Crippen LogP contribution in [0.4, 0.5) is 5.69 Å². The lowest BCUT2D eigenvalue weighted by atomic mass is 10.2. The number of amides is 1. The van der Waals surface area contributed by atoms with Crippen LogP contribution in [0.2, 0.25) is 5.02 Å². The van der Waals surface area contributed by atoms with Crippen LogP contribution in [0.5, 0.6) is 5.75 Å². The van der Waals surface area contributed by atoms with E-state index in [1.54, 1.807) is 12.1 Å². The van der Waals surface area contributed by atoms with Gasteiger partial charge in [-0.2, -0.15) is 11.3 Å². The number of nitrogens with one attached hydrogen (secondary N) is 1. The van der Waals surface area contributed by atoms with Crippen molar-refractivity contribution >= 4 is 34.5 Å². The summed E-state index contributed by atoms with van der Waals surface area (Å²) in [7, 11) is 0. The fourth-order valence-electron chi connectivity index (χ4n) is 1.23. The minimum Gasteiger partial charge on any atom is -0.507 e. The van der Waals surface area contributed by atoms with E-state index in [-0.39, 0.29) is 17.2 Å². The van der Waals surface area contributed by atoms with Crippen LogP contribution in [-0.2, 0) is 0 Å².